The van der Waals surface area contributed by atoms with Gasteiger partial charge in [0.1, 0.15) is 0 Å². The summed E-state index contributed by atoms with van der Waals surface area (Å²) < 4.78 is 27.1. The van der Waals surface area contributed by atoms with Crippen LogP contribution in [0.25, 0.3) is 16.6 Å². The molecule has 0 bridgehead atoms. The van der Waals surface area contributed by atoms with Crippen molar-refractivity contribution >= 4 is 32.7 Å². The van der Waals surface area contributed by atoms with Crippen LogP contribution in [-0.4, -0.2) is 47.4 Å². The lowest BCUT2D eigenvalue weighted by Crippen LogP contribution is -2.40. The van der Waals surface area contributed by atoms with Crippen molar-refractivity contribution in [2.75, 3.05) is 25.1 Å². The SMILES string of the molecule is Cc1ccc(-n2c(SC[C@@H]3CCCN(S(C)(=O)=O)C3)nc3ccccc3c2=O)cc1. The summed E-state index contributed by atoms with van der Waals surface area (Å²) in [7, 11) is -3.18. The number of fused-ring (bicyclic) bond motifs is 1. The Balaban J connectivity index is 1.68. The first-order valence-electron chi connectivity index (χ1n) is 10.00. The summed E-state index contributed by atoms with van der Waals surface area (Å²) in [4.78, 5) is 18.1. The molecule has 1 aromatic heterocycles. The van der Waals surface area contributed by atoms with Crippen molar-refractivity contribution in [1.82, 2.24) is 13.9 Å². The second kappa shape index (κ2) is 8.53. The summed E-state index contributed by atoms with van der Waals surface area (Å²) >= 11 is 1.52. The first kappa shape index (κ1) is 21.1. The molecule has 0 saturated carbocycles. The third kappa shape index (κ3) is 4.45. The number of sulfonamides is 1. The molecule has 1 aliphatic heterocycles. The Kier molecular flexibility index (Phi) is 5.99. The molecule has 0 spiro atoms. The van der Waals surface area contributed by atoms with Crippen LogP contribution in [0.2, 0.25) is 0 Å². The number of rotatable bonds is 5. The summed E-state index contributed by atoms with van der Waals surface area (Å²) in [5, 5.41) is 1.22. The highest BCUT2D eigenvalue weighted by Crippen LogP contribution is 2.27. The van der Waals surface area contributed by atoms with Crippen LogP contribution in [0, 0.1) is 12.8 Å². The van der Waals surface area contributed by atoms with Gasteiger partial charge in [-0.25, -0.2) is 17.7 Å². The van der Waals surface area contributed by atoms with E-state index < -0.39 is 10.0 Å². The van der Waals surface area contributed by atoms with Gasteiger partial charge in [0.15, 0.2) is 5.16 Å². The van der Waals surface area contributed by atoms with Crippen molar-refractivity contribution in [1.29, 1.82) is 0 Å². The molecule has 0 amide bonds. The lowest BCUT2D eigenvalue weighted by molar-refractivity contribution is 0.286. The van der Waals surface area contributed by atoms with Gasteiger partial charge in [-0.2, -0.15) is 0 Å². The van der Waals surface area contributed by atoms with E-state index in [-0.39, 0.29) is 11.5 Å². The number of benzene rings is 2. The molecule has 3 aromatic rings. The van der Waals surface area contributed by atoms with Crippen molar-refractivity contribution < 1.29 is 8.42 Å². The van der Waals surface area contributed by atoms with E-state index in [9.17, 15) is 13.2 Å². The molecule has 2 heterocycles. The maximum Gasteiger partial charge on any atom is 0.266 e. The van der Waals surface area contributed by atoms with Gasteiger partial charge in [0.2, 0.25) is 10.0 Å². The van der Waals surface area contributed by atoms with Crippen molar-refractivity contribution in [3.8, 4) is 5.69 Å². The van der Waals surface area contributed by atoms with Gasteiger partial charge in [0.05, 0.1) is 22.8 Å². The molecule has 1 fully saturated rings. The van der Waals surface area contributed by atoms with Gasteiger partial charge in [-0.05, 0) is 49.9 Å². The van der Waals surface area contributed by atoms with Gasteiger partial charge in [0, 0.05) is 18.8 Å². The largest absolute Gasteiger partial charge is 0.268 e. The number of piperidine rings is 1. The molecule has 2 aromatic carbocycles. The van der Waals surface area contributed by atoms with Crippen LogP contribution < -0.4 is 5.56 Å². The van der Waals surface area contributed by atoms with Gasteiger partial charge in [-0.1, -0.05) is 41.6 Å². The minimum absolute atomic E-state index is 0.0895. The summed E-state index contributed by atoms with van der Waals surface area (Å²) in [6, 6.07) is 15.2. The molecule has 30 heavy (non-hydrogen) atoms. The number of aromatic nitrogens is 2. The van der Waals surface area contributed by atoms with Gasteiger partial charge < -0.3 is 0 Å². The fourth-order valence-corrected chi connectivity index (χ4v) is 5.87. The molecule has 4 rings (SSSR count). The van der Waals surface area contributed by atoms with E-state index >= 15 is 0 Å². The third-order valence-electron chi connectivity index (χ3n) is 5.44. The minimum Gasteiger partial charge on any atom is -0.268 e. The van der Waals surface area contributed by atoms with E-state index in [1.165, 1.54) is 18.0 Å². The van der Waals surface area contributed by atoms with Gasteiger partial charge >= 0.3 is 0 Å². The lowest BCUT2D eigenvalue weighted by atomic mass is 10.0. The lowest BCUT2D eigenvalue weighted by Gasteiger charge is -2.30. The van der Waals surface area contributed by atoms with Crippen LogP contribution in [0.15, 0.2) is 58.5 Å². The van der Waals surface area contributed by atoms with Gasteiger partial charge in [-0.15, -0.1) is 0 Å². The zero-order valence-electron chi connectivity index (χ0n) is 17.1. The molecule has 8 heteroatoms. The number of hydrogen-bond donors (Lipinski definition) is 0. The normalized spacial score (nSPS) is 18.0. The number of thioether (sulfide) groups is 1. The van der Waals surface area contributed by atoms with E-state index in [2.05, 4.69) is 0 Å². The van der Waals surface area contributed by atoms with E-state index in [0.29, 0.717) is 34.9 Å². The monoisotopic (exact) mass is 443 g/mol. The van der Waals surface area contributed by atoms with Gasteiger partial charge in [0.25, 0.3) is 5.56 Å². The highest BCUT2D eigenvalue weighted by Gasteiger charge is 2.26. The second-order valence-corrected chi connectivity index (χ2v) is 10.8. The Bertz CT molecular complexity index is 1220. The average molecular weight is 444 g/mol. The fourth-order valence-electron chi connectivity index (χ4n) is 3.79. The van der Waals surface area contributed by atoms with Crippen LogP contribution in [0.1, 0.15) is 18.4 Å². The molecular weight excluding hydrogens is 418 g/mol. The Morgan fingerprint density at radius 3 is 2.60 bits per heavy atom. The molecule has 0 radical (unpaired) electrons. The topological polar surface area (TPSA) is 72.3 Å². The standard InChI is InChI=1S/C22H25N3O3S2/c1-16-9-11-18(12-10-16)25-21(26)19-7-3-4-8-20(19)23-22(25)29-15-17-6-5-13-24(14-17)30(2,27)28/h3-4,7-12,17H,5-6,13-15H2,1-2H3/t17-/m1/s1. The highest BCUT2D eigenvalue weighted by atomic mass is 32.2. The average Bonchev–Trinajstić information content (AvgIpc) is 2.73. The molecule has 0 N–H and O–H groups in total. The Labute approximate surface area is 181 Å². The minimum atomic E-state index is -3.18. The summed E-state index contributed by atoms with van der Waals surface area (Å²) in [5.41, 5.74) is 2.49. The molecule has 6 nitrogen and oxygen atoms in total. The second-order valence-electron chi connectivity index (χ2n) is 7.83. The maximum absolute atomic E-state index is 13.3. The Morgan fingerprint density at radius 1 is 1.13 bits per heavy atom. The van der Waals surface area contributed by atoms with Gasteiger partial charge in [-0.3, -0.25) is 9.36 Å². The molecule has 1 aliphatic rings. The van der Waals surface area contributed by atoms with E-state index in [0.717, 1.165) is 24.1 Å². The predicted octanol–water partition coefficient (Wildman–Crippen LogP) is 3.46. The molecule has 0 aliphatic carbocycles. The van der Waals surface area contributed by atoms with E-state index in [4.69, 9.17) is 4.98 Å². The molecule has 1 saturated heterocycles. The first-order valence-corrected chi connectivity index (χ1v) is 12.8. The van der Waals surface area contributed by atoms with Crippen molar-refractivity contribution in [3.05, 3.63) is 64.4 Å². The summed E-state index contributed by atoms with van der Waals surface area (Å²) in [6.07, 6.45) is 3.10. The molecule has 1 atom stereocenters. The number of aryl methyl sites for hydroxylation is 1. The quantitative estimate of drug-likeness (QED) is 0.446. The highest BCUT2D eigenvalue weighted by molar-refractivity contribution is 7.99. The summed E-state index contributed by atoms with van der Waals surface area (Å²) in [5.74, 6) is 0.941. The number of hydrogen-bond acceptors (Lipinski definition) is 5. The molecular formula is C22H25N3O3S2. The zero-order chi connectivity index (χ0) is 21.3. The van der Waals surface area contributed by atoms with Crippen LogP contribution in [0.3, 0.4) is 0 Å². The molecule has 0 unspecified atom stereocenters. The van der Waals surface area contributed by atoms with Crippen molar-refractivity contribution in [2.24, 2.45) is 5.92 Å². The first-order chi connectivity index (χ1) is 14.3. The van der Waals surface area contributed by atoms with E-state index in [1.807, 2.05) is 49.4 Å². The summed E-state index contributed by atoms with van der Waals surface area (Å²) in [6.45, 7) is 3.12. The number of nitrogens with zero attached hydrogens (tertiary/aromatic N) is 3. The van der Waals surface area contributed by atoms with Crippen LogP contribution in [-0.2, 0) is 10.0 Å². The number of para-hydroxylation sites is 1. The fraction of sp³-hybridized carbons (Fsp3) is 0.364. The van der Waals surface area contributed by atoms with Crippen LogP contribution >= 0.6 is 11.8 Å². The third-order valence-corrected chi connectivity index (χ3v) is 7.88. The van der Waals surface area contributed by atoms with E-state index in [1.54, 1.807) is 14.9 Å². The zero-order valence-corrected chi connectivity index (χ0v) is 18.7. The van der Waals surface area contributed by atoms with Crippen LogP contribution in [0.4, 0.5) is 0 Å². The maximum atomic E-state index is 13.3. The Morgan fingerprint density at radius 2 is 1.87 bits per heavy atom. The Hall–Kier alpha value is -2.16. The van der Waals surface area contributed by atoms with Crippen LogP contribution in [0.5, 0.6) is 0 Å². The predicted molar refractivity (Wildman–Crippen MR) is 122 cm³/mol. The van der Waals surface area contributed by atoms with Crippen molar-refractivity contribution in [3.63, 3.8) is 0 Å². The smallest absolute Gasteiger partial charge is 0.266 e. The van der Waals surface area contributed by atoms with Crippen molar-refractivity contribution in [2.45, 2.75) is 24.9 Å². The molecule has 158 valence electrons.